The van der Waals surface area contributed by atoms with Crippen LogP contribution in [0.1, 0.15) is 67.8 Å². The fourth-order valence-corrected chi connectivity index (χ4v) is 8.84. The van der Waals surface area contributed by atoms with Crippen LogP contribution in [0.3, 0.4) is 0 Å². The van der Waals surface area contributed by atoms with Crippen molar-refractivity contribution in [1.29, 1.82) is 0 Å². The second-order valence-electron chi connectivity index (χ2n) is 13.0. The first kappa shape index (κ1) is 26.0. The molecule has 2 bridgehead atoms. The number of nitrogens with one attached hydrogen (secondary N) is 1. The highest BCUT2D eigenvalue weighted by Crippen LogP contribution is 2.43. The molecule has 9 heteroatoms. The van der Waals surface area contributed by atoms with E-state index in [0.29, 0.717) is 55.2 Å². The van der Waals surface area contributed by atoms with Crippen LogP contribution in [-0.4, -0.2) is 70.0 Å². The third kappa shape index (κ3) is 4.54. The van der Waals surface area contributed by atoms with E-state index in [0.717, 1.165) is 73.0 Å². The predicted octanol–water partition coefficient (Wildman–Crippen LogP) is 5.50. The smallest absolute Gasteiger partial charge is 0.316 e. The average Bonchev–Trinajstić information content (AvgIpc) is 3.61. The Morgan fingerprint density at radius 3 is 2.85 bits per heavy atom. The second-order valence-corrected chi connectivity index (χ2v) is 13.4. The van der Waals surface area contributed by atoms with Crippen molar-refractivity contribution < 1.29 is 14.2 Å². The first-order chi connectivity index (χ1) is 19.9. The molecule has 0 unspecified atom stereocenters. The van der Waals surface area contributed by atoms with Gasteiger partial charge in [-0.15, -0.1) is 0 Å². The number of ether oxygens (including phenoxy) is 1. The molecule has 41 heavy (non-hydrogen) atoms. The Bertz CT molecular complexity index is 1490. The maximum absolute atomic E-state index is 14.4. The molecule has 0 saturated carbocycles. The lowest BCUT2D eigenvalue weighted by Crippen LogP contribution is -2.43. The molecular weight excluding hydrogens is 541 g/mol. The van der Waals surface area contributed by atoms with Gasteiger partial charge in [0, 0.05) is 49.0 Å². The van der Waals surface area contributed by atoms with Crippen molar-refractivity contribution in [2.24, 2.45) is 0 Å². The van der Waals surface area contributed by atoms with Crippen LogP contribution >= 0.6 is 11.6 Å². The van der Waals surface area contributed by atoms with Crippen LogP contribution in [0, 0.1) is 0 Å². The summed E-state index contributed by atoms with van der Waals surface area (Å²) in [6, 6.07) is 10.9. The van der Waals surface area contributed by atoms with Crippen LogP contribution < -0.4 is 15.0 Å². The van der Waals surface area contributed by atoms with Crippen LogP contribution in [0.15, 0.2) is 30.3 Å². The Morgan fingerprint density at radius 2 is 2.00 bits per heavy atom. The summed E-state index contributed by atoms with van der Waals surface area (Å²) in [5, 5.41) is 16.9. The van der Waals surface area contributed by atoms with Crippen molar-refractivity contribution >= 4 is 28.1 Å². The third-order valence-electron chi connectivity index (χ3n) is 10.4. The van der Waals surface area contributed by atoms with Crippen LogP contribution in [0.4, 0.5) is 10.1 Å². The normalized spacial score (nSPS) is 31.0. The standard InChI is InChI=1S/C32H37ClFN5O2/c33-26-4-1-3-19-13-24(40)14-28(29(19)26)38-10-7-25-27(17-38)36-31(37-30(25)20-11-22-5-6-23(12-20)35-22)41-18-32-8-2-9-39(32)16-21(34)15-32/h1,3-4,13-14,20-23,35,40H,2,5-12,15-18H2/t20-,21-,22-,23+,32+/m1/s1. The lowest BCUT2D eigenvalue weighted by atomic mass is 9.85. The number of benzene rings is 2. The largest absolute Gasteiger partial charge is 0.508 e. The number of alkyl halides is 1. The Labute approximate surface area is 245 Å². The van der Waals surface area contributed by atoms with Gasteiger partial charge in [-0.05, 0) is 74.6 Å². The Hall–Kier alpha value is -2.68. The minimum absolute atomic E-state index is 0.223. The van der Waals surface area contributed by atoms with Gasteiger partial charge in [0.2, 0.25) is 0 Å². The lowest BCUT2D eigenvalue weighted by Gasteiger charge is -2.35. The molecule has 0 spiro atoms. The number of anilines is 1. The number of phenols is 1. The fourth-order valence-electron chi connectivity index (χ4n) is 8.57. The zero-order chi connectivity index (χ0) is 27.7. The first-order valence-electron chi connectivity index (χ1n) is 15.3. The number of nitrogens with zero attached hydrogens (tertiary/aromatic N) is 4. The van der Waals surface area contributed by atoms with Crippen LogP contribution in [0.25, 0.3) is 10.8 Å². The van der Waals surface area contributed by atoms with Crippen LogP contribution in [0.5, 0.6) is 11.8 Å². The molecule has 6 heterocycles. The van der Waals surface area contributed by atoms with E-state index in [2.05, 4.69) is 15.1 Å². The highest BCUT2D eigenvalue weighted by atomic mass is 35.5. The molecule has 0 amide bonds. The molecule has 7 nitrogen and oxygen atoms in total. The van der Waals surface area contributed by atoms with Gasteiger partial charge in [-0.3, -0.25) is 4.90 Å². The van der Waals surface area contributed by atoms with Gasteiger partial charge in [0.1, 0.15) is 18.5 Å². The SMILES string of the molecule is Oc1cc(N2CCc3c(nc(OC[C@@]45CCCN4C[C@H](F)C5)nc3[C@@H]3C[C@H]4CC[C@@H](C3)N4)C2)c2c(Cl)cccc2c1. The van der Waals surface area contributed by atoms with Crippen LogP contribution in [-0.2, 0) is 13.0 Å². The molecule has 0 aliphatic carbocycles. The van der Waals surface area contributed by atoms with E-state index in [4.69, 9.17) is 26.3 Å². The summed E-state index contributed by atoms with van der Waals surface area (Å²) >= 11 is 6.69. The second kappa shape index (κ2) is 9.96. The van der Waals surface area contributed by atoms with E-state index in [1.807, 2.05) is 24.3 Å². The molecule has 5 aliphatic rings. The van der Waals surface area contributed by atoms with Gasteiger partial charge < -0.3 is 20.1 Å². The molecule has 5 aliphatic heterocycles. The first-order valence-corrected chi connectivity index (χ1v) is 15.7. The van der Waals surface area contributed by atoms with Gasteiger partial charge in [0.15, 0.2) is 0 Å². The van der Waals surface area contributed by atoms with Crippen molar-refractivity contribution in [3.05, 3.63) is 52.3 Å². The third-order valence-corrected chi connectivity index (χ3v) is 10.7. The van der Waals surface area contributed by atoms with E-state index in [-0.39, 0.29) is 11.3 Å². The number of phenolic OH excluding ortho intramolecular Hbond substituents is 1. The number of halogens is 2. The minimum atomic E-state index is -0.790. The monoisotopic (exact) mass is 577 g/mol. The highest BCUT2D eigenvalue weighted by molar-refractivity contribution is 6.36. The number of piperidine rings is 1. The maximum Gasteiger partial charge on any atom is 0.316 e. The zero-order valence-electron chi connectivity index (χ0n) is 23.3. The predicted molar refractivity (Wildman–Crippen MR) is 158 cm³/mol. The molecule has 5 atom stereocenters. The molecule has 2 N–H and O–H groups in total. The molecule has 1 aromatic heterocycles. The Kier molecular flexibility index (Phi) is 6.31. The average molecular weight is 578 g/mol. The fraction of sp³-hybridized carbons (Fsp3) is 0.562. The molecular formula is C32H37ClFN5O2. The summed E-state index contributed by atoms with van der Waals surface area (Å²) in [6.45, 7) is 3.26. The molecule has 4 fully saturated rings. The number of hydrogen-bond acceptors (Lipinski definition) is 7. The summed E-state index contributed by atoms with van der Waals surface area (Å²) in [7, 11) is 0. The van der Waals surface area contributed by atoms with Gasteiger partial charge in [-0.1, -0.05) is 23.7 Å². The quantitative estimate of drug-likeness (QED) is 0.414. The molecule has 2 aromatic carbocycles. The Morgan fingerprint density at radius 1 is 1.15 bits per heavy atom. The summed E-state index contributed by atoms with van der Waals surface area (Å²) in [4.78, 5) is 14.7. The van der Waals surface area contributed by atoms with Gasteiger partial charge in [-0.25, -0.2) is 4.39 Å². The number of rotatable bonds is 5. The van der Waals surface area contributed by atoms with Crippen LogP contribution in [0.2, 0.25) is 5.02 Å². The minimum Gasteiger partial charge on any atom is -0.508 e. The number of hydrogen-bond donors (Lipinski definition) is 2. The summed E-state index contributed by atoms with van der Waals surface area (Å²) in [5.74, 6) is 0.611. The van der Waals surface area contributed by atoms with E-state index in [1.165, 1.54) is 18.4 Å². The number of aromatic hydroxyl groups is 1. The number of fused-ring (bicyclic) bond motifs is 5. The maximum atomic E-state index is 14.4. The Balaban J connectivity index is 1.15. The summed E-state index contributed by atoms with van der Waals surface area (Å²) in [6.07, 6.45) is 7.27. The van der Waals surface area contributed by atoms with Gasteiger partial charge in [0.05, 0.1) is 34.2 Å². The van der Waals surface area contributed by atoms with E-state index < -0.39 is 6.17 Å². The highest BCUT2D eigenvalue weighted by Gasteiger charge is 2.49. The zero-order valence-corrected chi connectivity index (χ0v) is 24.0. The molecule has 8 rings (SSSR count). The van der Waals surface area contributed by atoms with E-state index in [9.17, 15) is 9.50 Å². The van der Waals surface area contributed by atoms with Crippen molar-refractivity contribution in [2.45, 2.75) is 87.6 Å². The van der Waals surface area contributed by atoms with E-state index >= 15 is 0 Å². The molecule has 3 aromatic rings. The summed E-state index contributed by atoms with van der Waals surface area (Å²) < 4.78 is 20.9. The van der Waals surface area contributed by atoms with Gasteiger partial charge in [0.25, 0.3) is 0 Å². The number of aromatic nitrogens is 2. The van der Waals surface area contributed by atoms with Crippen molar-refractivity contribution in [1.82, 2.24) is 20.2 Å². The van der Waals surface area contributed by atoms with Gasteiger partial charge >= 0.3 is 6.01 Å². The van der Waals surface area contributed by atoms with Gasteiger partial charge in [-0.2, -0.15) is 9.97 Å². The lowest BCUT2D eigenvalue weighted by molar-refractivity contribution is 0.106. The van der Waals surface area contributed by atoms with Crippen molar-refractivity contribution in [3.63, 3.8) is 0 Å². The summed E-state index contributed by atoms with van der Waals surface area (Å²) in [5.41, 5.74) is 4.06. The molecule has 0 radical (unpaired) electrons. The van der Waals surface area contributed by atoms with Crippen molar-refractivity contribution in [3.8, 4) is 11.8 Å². The van der Waals surface area contributed by atoms with E-state index in [1.54, 1.807) is 6.07 Å². The topological polar surface area (TPSA) is 73.8 Å². The van der Waals surface area contributed by atoms with Crippen molar-refractivity contribution in [2.75, 3.05) is 31.1 Å². The molecule has 216 valence electrons. The molecule has 4 saturated heterocycles.